The Hall–Kier alpha value is -2.10. The van der Waals surface area contributed by atoms with Crippen LogP contribution in [0, 0.1) is 6.92 Å². The first-order valence-electron chi connectivity index (χ1n) is 5.36. The summed E-state index contributed by atoms with van der Waals surface area (Å²) < 4.78 is 10.1. The quantitative estimate of drug-likeness (QED) is 0.589. The number of hydrogen-bond donors (Lipinski definition) is 0. The molecule has 0 radical (unpaired) electrons. The number of ether oxygens (including phenoxy) is 1. The van der Waals surface area contributed by atoms with E-state index in [4.69, 9.17) is 9.15 Å². The Morgan fingerprint density at radius 3 is 2.76 bits per heavy atom. The number of benzene rings is 1. The number of fused-ring (bicyclic) bond motifs is 1. The molecule has 0 amide bonds. The Kier molecular flexibility index (Phi) is 2.95. The van der Waals surface area contributed by atoms with E-state index in [1.807, 2.05) is 12.1 Å². The van der Waals surface area contributed by atoms with Gasteiger partial charge in [-0.05, 0) is 13.0 Å². The summed E-state index contributed by atoms with van der Waals surface area (Å²) >= 11 is 0. The van der Waals surface area contributed by atoms with Crippen molar-refractivity contribution >= 4 is 16.9 Å². The molecule has 4 heteroatoms. The molecule has 0 saturated heterocycles. The molecule has 0 saturated carbocycles. The fourth-order valence-electron chi connectivity index (χ4n) is 1.59. The summed E-state index contributed by atoms with van der Waals surface area (Å²) in [5, 5.41) is 0.769. The molecular formula is C13H12O4. The van der Waals surface area contributed by atoms with Crippen molar-refractivity contribution in [2.75, 3.05) is 0 Å². The van der Waals surface area contributed by atoms with Gasteiger partial charge in [0.25, 0.3) is 0 Å². The summed E-state index contributed by atoms with van der Waals surface area (Å²) in [5.74, 6) is -0.466. The standard InChI is InChI=1S/C13H12O4/c1-3-11(14)17-12-8(2)9-6-4-5-7-10(9)16-13(12)15/h4-7H,3H2,1-2H3. The average Bonchev–Trinajstić information content (AvgIpc) is 2.34. The predicted octanol–water partition coefficient (Wildman–Crippen LogP) is 2.42. The van der Waals surface area contributed by atoms with Crippen LogP contribution in [0.2, 0.25) is 0 Å². The van der Waals surface area contributed by atoms with E-state index >= 15 is 0 Å². The molecule has 0 aliphatic rings. The fraction of sp³-hybridized carbons (Fsp3) is 0.231. The van der Waals surface area contributed by atoms with Gasteiger partial charge in [-0.15, -0.1) is 0 Å². The highest BCUT2D eigenvalue weighted by Crippen LogP contribution is 2.23. The molecule has 17 heavy (non-hydrogen) atoms. The van der Waals surface area contributed by atoms with Gasteiger partial charge in [0.1, 0.15) is 5.58 Å². The minimum atomic E-state index is -0.622. The summed E-state index contributed by atoms with van der Waals surface area (Å²) in [4.78, 5) is 22.9. The van der Waals surface area contributed by atoms with Crippen LogP contribution in [-0.4, -0.2) is 5.97 Å². The zero-order valence-electron chi connectivity index (χ0n) is 9.65. The molecule has 1 heterocycles. The van der Waals surface area contributed by atoms with Gasteiger partial charge in [0.15, 0.2) is 0 Å². The lowest BCUT2D eigenvalue weighted by Gasteiger charge is -2.06. The van der Waals surface area contributed by atoms with E-state index in [9.17, 15) is 9.59 Å². The molecule has 0 unspecified atom stereocenters. The van der Waals surface area contributed by atoms with Gasteiger partial charge >= 0.3 is 11.6 Å². The Bertz CT molecular complexity index is 625. The van der Waals surface area contributed by atoms with Gasteiger partial charge < -0.3 is 9.15 Å². The second-order valence-corrected chi connectivity index (χ2v) is 3.67. The van der Waals surface area contributed by atoms with Gasteiger partial charge in [-0.25, -0.2) is 4.79 Å². The second-order valence-electron chi connectivity index (χ2n) is 3.67. The number of rotatable bonds is 2. The summed E-state index contributed by atoms with van der Waals surface area (Å²) in [6.07, 6.45) is 0.214. The van der Waals surface area contributed by atoms with Crippen LogP contribution in [0.5, 0.6) is 5.75 Å². The zero-order valence-corrected chi connectivity index (χ0v) is 9.65. The third-order valence-electron chi connectivity index (χ3n) is 2.52. The molecule has 1 aromatic carbocycles. The first kappa shape index (κ1) is 11.4. The summed E-state index contributed by atoms with van der Waals surface area (Å²) in [6, 6.07) is 7.13. The highest BCUT2D eigenvalue weighted by Gasteiger charge is 2.14. The van der Waals surface area contributed by atoms with Gasteiger partial charge in [0.05, 0.1) is 0 Å². The minimum Gasteiger partial charge on any atom is -0.420 e. The topological polar surface area (TPSA) is 56.5 Å². The van der Waals surface area contributed by atoms with E-state index in [1.54, 1.807) is 26.0 Å². The summed E-state index contributed by atoms with van der Waals surface area (Å²) in [5.41, 5.74) is 0.493. The Morgan fingerprint density at radius 2 is 2.06 bits per heavy atom. The summed E-state index contributed by atoms with van der Waals surface area (Å²) in [7, 11) is 0. The van der Waals surface area contributed by atoms with Crippen molar-refractivity contribution < 1.29 is 13.9 Å². The van der Waals surface area contributed by atoms with Crippen LogP contribution in [0.25, 0.3) is 11.0 Å². The normalized spacial score (nSPS) is 10.5. The Labute approximate surface area is 97.8 Å². The monoisotopic (exact) mass is 232 g/mol. The van der Waals surface area contributed by atoms with Gasteiger partial charge in [-0.2, -0.15) is 0 Å². The maximum atomic E-state index is 11.7. The van der Waals surface area contributed by atoms with E-state index < -0.39 is 11.6 Å². The number of aryl methyl sites for hydroxylation is 1. The highest BCUT2D eigenvalue weighted by molar-refractivity contribution is 5.83. The van der Waals surface area contributed by atoms with Crippen molar-refractivity contribution in [2.45, 2.75) is 20.3 Å². The van der Waals surface area contributed by atoms with Crippen molar-refractivity contribution in [3.63, 3.8) is 0 Å². The molecule has 1 aromatic heterocycles. The second kappa shape index (κ2) is 4.41. The number of para-hydroxylation sites is 1. The first-order valence-corrected chi connectivity index (χ1v) is 5.36. The van der Waals surface area contributed by atoms with Crippen molar-refractivity contribution in [3.8, 4) is 5.75 Å². The third-order valence-corrected chi connectivity index (χ3v) is 2.52. The number of carbonyl (C=O) groups excluding carboxylic acids is 1. The van der Waals surface area contributed by atoms with Crippen LogP contribution in [0.3, 0.4) is 0 Å². The van der Waals surface area contributed by atoms with Crippen LogP contribution in [0.1, 0.15) is 18.9 Å². The predicted molar refractivity (Wildman–Crippen MR) is 63.1 cm³/mol. The van der Waals surface area contributed by atoms with E-state index in [0.29, 0.717) is 11.1 Å². The largest absolute Gasteiger partial charge is 0.420 e. The fourth-order valence-corrected chi connectivity index (χ4v) is 1.59. The van der Waals surface area contributed by atoms with Crippen LogP contribution < -0.4 is 10.4 Å². The first-order chi connectivity index (χ1) is 8.13. The number of esters is 1. The van der Waals surface area contributed by atoms with Crippen LogP contribution >= 0.6 is 0 Å². The lowest BCUT2D eigenvalue weighted by Crippen LogP contribution is -2.14. The van der Waals surface area contributed by atoms with Gasteiger partial charge in [-0.1, -0.05) is 25.1 Å². The molecule has 0 spiro atoms. The van der Waals surface area contributed by atoms with Gasteiger partial charge in [0.2, 0.25) is 5.75 Å². The van der Waals surface area contributed by atoms with Gasteiger partial charge in [0, 0.05) is 17.4 Å². The van der Waals surface area contributed by atoms with Crippen molar-refractivity contribution in [1.29, 1.82) is 0 Å². The van der Waals surface area contributed by atoms with E-state index in [1.165, 1.54) is 0 Å². The SMILES string of the molecule is CCC(=O)Oc1c(C)c2ccccc2oc1=O. The molecule has 4 nitrogen and oxygen atoms in total. The smallest absolute Gasteiger partial charge is 0.380 e. The van der Waals surface area contributed by atoms with E-state index in [-0.39, 0.29) is 12.2 Å². The molecule has 2 rings (SSSR count). The van der Waals surface area contributed by atoms with Crippen molar-refractivity contribution in [3.05, 3.63) is 40.2 Å². The molecule has 88 valence electrons. The average molecular weight is 232 g/mol. The maximum absolute atomic E-state index is 11.7. The molecule has 2 aromatic rings. The van der Waals surface area contributed by atoms with Crippen LogP contribution in [0.4, 0.5) is 0 Å². The van der Waals surface area contributed by atoms with Crippen LogP contribution in [0.15, 0.2) is 33.5 Å². The highest BCUT2D eigenvalue weighted by atomic mass is 16.5. The lowest BCUT2D eigenvalue weighted by atomic mass is 10.1. The number of carbonyl (C=O) groups is 1. The maximum Gasteiger partial charge on any atom is 0.380 e. The molecule has 0 N–H and O–H groups in total. The Morgan fingerprint density at radius 1 is 1.35 bits per heavy atom. The minimum absolute atomic E-state index is 0.0180. The van der Waals surface area contributed by atoms with E-state index in [0.717, 1.165) is 5.39 Å². The zero-order chi connectivity index (χ0) is 12.4. The molecule has 0 aliphatic carbocycles. The van der Waals surface area contributed by atoms with Gasteiger partial charge in [-0.3, -0.25) is 4.79 Å². The molecular weight excluding hydrogens is 220 g/mol. The molecule has 0 atom stereocenters. The van der Waals surface area contributed by atoms with Crippen molar-refractivity contribution in [1.82, 2.24) is 0 Å². The third kappa shape index (κ3) is 2.06. The molecule has 0 bridgehead atoms. The van der Waals surface area contributed by atoms with Crippen LogP contribution in [-0.2, 0) is 4.79 Å². The summed E-state index contributed by atoms with van der Waals surface area (Å²) in [6.45, 7) is 3.40. The number of hydrogen-bond acceptors (Lipinski definition) is 4. The Balaban J connectivity index is 2.64. The van der Waals surface area contributed by atoms with E-state index in [2.05, 4.69) is 0 Å². The lowest BCUT2D eigenvalue weighted by molar-refractivity contribution is -0.134. The molecule has 0 aliphatic heterocycles. The molecule has 0 fully saturated rings. The van der Waals surface area contributed by atoms with Crippen molar-refractivity contribution in [2.24, 2.45) is 0 Å².